The average molecular weight is 415 g/mol. The molecule has 4 heterocycles. The summed E-state index contributed by atoms with van der Waals surface area (Å²) >= 11 is 0. The molecule has 1 saturated heterocycles. The third-order valence-corrected chi connectivity index (χ3v) is 5.38. The first-order valence-corrected chi connectivity index (χ1v) is 10.3. The number of para-hydroxylation sites is 1. The Balaban J connectivity index is 1.34. The molecule has 0 spiro atoms. The normalized spacial score (nSPS) is 16.4. The lowest BCUT2D eigenvalue weighted by atomic mass is 10.0. The Morgan fingerprint density at radius 2 is 2.00 bits per heavy atom. The zero-order valence-corrected chi connectivity index (χ0v) is 16.8. The first kappa shape index (κ1) is 19.2. The highest BCUT2D eigenvalue weighted by Gasteiger charge is 2.32. The second-order valence-corrected chi connectivity index (χ2v) is 7.42. The number of likely N-dealkylation sites (tertiary alicyclic amines) is 1. The summed E-state index contributed by atoms with van der Waals surface area (Å²) in [6, 6.07) is 14.7. The van der Waals surface area contributed by atoms with Gasteiger partial charge in [-0.05, 0) is 49.6 Å². The number of pyridine rings is 2. The third-order valence-electron chi connectivity index (χ3n) is 5.38. The van der Waals surface area contributed by atoms with Crippen LogP contribution in [0.25, 0.3) is 22.5 Å². The summed E-state index contributed by atoms with van der Waals surface area (Å²) in [4.78, 5) is 27.9. The van der Waals surface area contributed by atoms with Gasteiger partial charge in [-0.2, -0.15) is 4.98 Å². The maximum atomic E-state index is 12.9. The number of benzene rings is 1. The number of ether oxygens (including phenoxy) is 1. The molecule has 156 valence electrons. The van der Waals surface area contributed by atoms with E-state index in [1.165, 1.54) is 0 Å². The molecular formula is C23H21N5O3. The minimum absolute atomic E-state index is 0.0223. The van der Waals surface area contributed by atoms with E-state index in [0.29, 0.717) is 29.7 Å². The highest BCUT2D eigenvalue weighted by Crippen LogP contribution is 2.31. The fourth-order valence-electron chi connectivity index (χ4n) is 3.80. The number of carbonyl (C=O) groups excluding carboxylic acids is 1. The quantitative estimate of drug-likeness (QED) is 0.489. The Hall–Kier alpha value is -3.81. The van der Waals surface area contributed by atoms with Gasteiger partial charge < -0.3 is 14.2 Å². The van der Waals surface area contributed by atoms with Gasteiger partial charge in [0.25, 0.3) is 11.8 Å². The van der Waals surface area contributed by atoms with E-state index < -0.39 is 0 Å². The summed E-state index contributed by atoms with van der Waals surface area (Å²) in [6.45, 7) is 0.623. The monoisotopic (exact) mass is 415 g/mol. The van der Waals surface area contributed by atoms with Gasteiger partial charge in [-0.15, -0.1) is 0 Å². The molecular weight excluding hydrogens is 394 g/mol. The Kier molecular flexibility index (Phi) is 5.26. The first-order valence-electron chi connectivity index (χ1n) is 10.3. The van der Waals surface area contributed by atoms with Gasteiger partial charge in [0, 0.05) is 24.3 Å². The van der Waals surface area contributed by atoms with E-state index in [1.807, 2.05) is 48.5 Å². The molecule has 31 heavy (non-hydrogen) atoms. The number of carbonyl (C=O) groups is 1. The molecule has 5 rings (SSSR count). The van der Waals surface area contributed by atoms with Crippen LogP contribution in [0.5, 0.6) is 5.75 Å². The van der Waals surface area contributed by atoms with Crippen LogP contribution in [0.2, 0.25) is 0 Å². The Morgan fingerprint density at radius 3 is 2.90 bits per heavy atom. The topological polar surface area (TPSA) is 94.2 Å². The predicted octanol–water partition coefficient (Wildman–Crippen LogP) is 3.81. The zero-order valence-electron chi connectivity index (χ0n) is 16.8. The van der Waals surface area contributed by atoms with E-state index in [1.54, 1.807) is 17.3 Å². The van der Waals surface area contributed by atoms with Crippen molar-refractivity contribution < 1.29 is 14.1 Å². The first-order chi connectivity index (χ1) is 15.3. The molecule has 3 aromatic heterocycles. The number of piperidine rings is 1. The zero-order chi connectivity index (χ0) is 21.0. The van der Waals surface area contributed by atoms with Crippen LogP contribution < -0.4 is 4.74 Å². The van der Waals surface area contributed by atoms with Crippen molar-refractivity contribution in [3.05, 3.63) is 66.7 Å². The van der Waals surface area contributed by atoms with Crippen molar-refractivity contribution in [1.82, 2.24) is 25.0 Å². The van der Waals surface area contributed by atoms with Crippen molar-refractivity contribution in [3.8, 4) is 17.3 Å². The number of nitrogens with zero attached hydrogens (tertiary/aromatic N) is 5. The van der Waals surface area contributed by atoms with Gasteiger partial charge in [0.2, 0.25) is 0 Å². The Bertz CT molecular complexity index is 1190. The summed E-state index contributed by atoms with van der Waals surface area (Å²) in [5.41, 5.74) is 1.40. The highest BCUT2D eigenvalue weighted by molar-refractivity contribution is 5.79. The van der Waals surface area contributed by atoms with E-state index in [-0.39, 0.29) is 18.6 Å². The van der Waals surface area contributed by atoms with Gasteiger partial charge in [0.05, 0.1) is 11.6 Å². The summed E-state index contributed by atoms with van der Waals surface area (Å²) in [7, 11) is 0. The lowest BCUT2D eigenvalue weighted by molar-refractivity contribution is -0.137. The molecule has 0 saturated carbocycles. The van der Waals surface area contributed by atoms with Crippen LogP contribution in [0, 0.1) is 0 Å². The molecule has 1 aliphatic rings. The van der Waals surface area contributed by atoms with Crippen molar-refractivity contribution in [2.45, 2.75) is 25.3 Å². The molecule has 0 unspecified atom stereocenters. The molecule has 0 N–H and O–H groups in total. The van der Waals surface area contributed by atoms with Gasteiger partial charge in [-0.3, -0.25) is 9.78 Å². The van der Waals surface area contributed by atoms with Crippen molar-refractivity contribution in [3.63, 3.8) is 0 Å². The third kappa shape index (κ3) is 4.09. The van der Waals surface area contributed by atoms with Crippen LogP contribution >= 0.6 is 0 Å². The van der Waals surface area contributed by atoms with E-state index in [4.69, 9.17) is 9.26 Å². The maximum absolute atomic E-state index is 12.9. The van der Waals surface area contributed by atoms with Gasteiger partial charge in [-0.25, -0.2) is 4.98 Å². The van der Waals surface area contributed by atoms with Crippen LogP contribution in [0.1, 0.15) is 31.1 Å². The summed E-state index contributed by atoms with van der Waals surface area (Å²) in [5, 5.41) is 5.11. The number of fused-ring (bicyclic) bond motifs is 1. The van der Waals surface area contributed by atoms with Crippen LogP contribution in [0.4, 0.5) is 0 Å². The predicted molar refractivity (Wildman–Crippen MR) is 113 cm³/mol. The van der Waals surface area contributed by atoms with Gasteiger partial charge in [0.1, 0.15) is 11.4 Å². The largest absolute Gasteiger partial charge is 0.484 e. The van der Waals surface area contributed by atoms with Gasteiger partial charge in [0.15, 0.2) is 12.4 Å². The minimum atomic E-state index is -0.234. The van der Waals surface area contributed by atoms with Crippen LogP contribution in [0.3, 0.4) is 0 Å². The van der Waals surface area contributed by atoms with Crippen LogP contribution in [-0.2, 0) is 4.79 Å². The molecule has 0 radical (unpaired) electrons. The highest BCUT2D eigenvalue weighted by atomic mass is 16.5. The fraction of sp³-hybridized carbons (Fsp3) is 0.261. The number of aromatic nitrogens is 4. The molecule has 4 aromatic rings. The van der Waals surface area contributed by atoms with Crippen LogP contribution in [-0.4, -0.2) is 44.1 Å². The molecule has 1 aromatic carbocycles. The van der Waals surface area contributed by atoms with Crippen molar-refractivity contribution in [2.75, 3.05) is 13.2 Å². The second kappa shape index (κ2) is 8.51. The average Bonchev–Trinajstić information content (AvgIpc) is 3.33. The molecule has 1 aliphatic heterocycles. The summed E-state index contributed by atoms with van der Waals surface area (Å²) in [6.07, 6.45) is 6.18. The summed E-state index contributed by atoms with van der Waals surface area (Å²) in [5.74, 6) is 1.42. The molecule has 1 amide bonds. The molecule has 1 atom stereocenters. The molecule has 0 aliphatic carbocycles. The number of hydrogen-bond acceptors (Lipinski definition) is 7. The Labute approximate surface area is 178 Å². The molecule has 0 bridgehead atoms. The lowest BCUT2D eigenvalue weighted by Gasteiger charge is -2.33. The number of hydrogen-bond donors (Lipinski definition) is 0. The lowest BCUT2D eigenvalue weighted by Crippen LogP contribution is -2.41. The minimum Gasteiger partial charge on any atom is -0.484 e. The molecule has 1 fully saturated rings. The maximum Gasteiger partial charge on any atom is 0.276 e. The molecule has 8 nitrogen and oxygen atoms in total. The van der Waals surface area contributed by atoms with Crippen molar-refractivity contribution in [2.24, 2.45) is 0 Å². The molecule has 8 heteroatoms. The van der Waals surface area contributed by atoms with Gasteiger partial charge in [-0.1, -0.05) is 23.4 Å². The van der Waals surface area contributed by atoms with E-state index in [9.17, 15) is 4.79 Å². The van der Waals surface area contributed by atoms with E-state index in [2.05, 4.69) is 20.1 Å². The Morgan fingerprint density at radius 1 is 1.10 bits per heavy atom. The smallest absolute Gasteiger partial charge is 0.276 e. The standard InChI is InChI=1S/C23H21N5O3/c29-21(15-30-17-6-2-1-3-7-17)28-13-5-4-8-20(28)22-26-23(31-27-22)19-10-9-16-14-24-12-11-18(16)25-19/h1-3,6-7,9-12,14,20H,4-5,8,13,15H2/t20-/m1/s1. The van der Waals surface area contributed by atoms with E-state index >= 15 is 0 Å². The summed E-state index contributed by atoms with van der Waals surface area (Å²) < 4.78 is 11.2. The van der Waals surface area contributed by atoms with Crippen molar-refractivity contribution >= 4 is 16.8 Å². The fourth-order valence-corrected chi connectivity index (χ4v) is 3.80. The van der Waals surface area contributed by atoms with Crippen molar-refractivity contribution in [1.29, 1.82) is 0 Å². The van der Waals surface area contributed by atoms with Gasteiger partial charge >= 0.3 is 0 Å². The SMILES string of the molecule is O=C(COc1ccccc1)N1CCCC[C@@H]1c1noc(-c2ccc3cnccc3n2)n1. The van der Waals surface area contributed by atoms with E-state index in [0.717, 1.165) is 30.2 Å². The second-order valence-electron chi connectivity index (χ2n) is 7.42. The van der Waals surface area contributed by atoms with Crippen LogP contribution in [0.15, 0.2) is 65.4 Å². The number of amides is 1. The number of rotatable bonds is 5.